The fourth-order valence-electron chi connectivity index (χ4n) is 2.61. The molecule has 3 rings (SSSR count). The second kappa shape index (κ2) is 4.69. The zero-order valence-corrected chi connectivity index (χ0v) is 11.3. The molecule has 1 aromatic heterocycles. The van der Waals surface area contributed by atoms with Crippen molar-refractivity contribution in [2.24, 2.45) is 0 Å². The summed E-state index contributed by atoms with van der Waals surface area (Å²) in [6, 6.07) is 10.6. The van der Waals surface area contributed by atoms with Crippen molar-refractivity contribution in [2.45, 2.75) is 25.0 Å². The van der Waals surface area contributed by atoms with Gasteiger partial charge in [-0.1, -0.05) is 30.3 Å². The summed E-state index contributed by atoms with van der Waals surface area (Å²) in [6.07, 6.45) is 6.07. The van der Waals surface area contributed by atoms with Crippen LogP contribution in [0.5, 0.6) is 0 Å². The van der Waals surface area contributed by atoms with Gasteiger partial charge < -0.3 is 4.42 Å². The summed E-state index contributed by atoms with van der Waals surface area (Å²) in [5, 5.41) is 0.209. The topological polar surface area (TPSA) is 13.1 Å². The van der Waals surface area contributed by atoms with E-state index in [0.717, 1.165) is 18.6 Å². The highest BCUT2D eigenvalue weighted by molar-refractivity contribution is 7.80. The summed E-state index contributed by atoms with van der Waals surface area (Å²) in [6.45, 7) is 2.00. The van der Waals surface area contributed by atoms with Gasteiger partial charge in [-0.15, -0.1) is 0 Å². The van der Waals surface area contributed by atoms with Crippen LogP contribution in [0.1, 0.15) is 34.1 Å². The molecule has 1 aromatic carbocycles. The fraction of sp³-hybridized carbons (Fsp3) is 0.250. The minimum absolute atomic E-state index is 0.209. The molecule has 1 nitrogen and oxygen atoms in total. The van der Waals surface area contributed by atoms with E-state index in [2.05, 4.69) is 30.3 Å². The summed E-state index contributed by atoms with van der Waals surface area (Å²) in [7, 11) is 0. The van der Waals surface area contributed by atoms with Gasteiger partial charge in [-0.2, -0.15) is 12.6 Å². The van der Waals surface area contributed by atoms with Crippen LogP contribution in [0, 0.1) is 6.92 Å². The van der Waals surface area contributed by atoms with Gasteiger partial charge in [0.2, 0.25) is 0 Å². The second-order valence-electron chi connectivity index (χ2n) is 4.74. The molecule has 0 fully saturated rings. The fourth-order valence-corrected chi connectivity index (χ4v) is 3.07. The van der Waals surface area contributed by atoms with Crippen molar-refractivity contribution in [1.82, 2.24) is 0 Å². The molecule has 0 amide bonds. The average Bonchev–Trinajstić information content (AvgIpc) is 2.97. The lowest BCUT2D eigenvalue weighted by Gasteiger charge is -2.12. The summed E-state index contributed by atoms with van der Waals surface area (Å²) in [4.78, 5) is 0. The summed E-state index contributed by atoms with van der Waals surface area (Å²) in [5.41, 5.74) is 5.42. The van der Waals surface area contributed by atoms with Crippen molar-refractivity contribution in [1.29, 1.82) is 0 Å². The highest BCUT2D eigenvalue weighted by Gasteiger charge is 2.18. The number of fused-ring (bicyclic) bond motifs is 1. The smallest absolute Gasteiger partial charge is 0.104 e. The Bertz CT molecular complexity index is 595. The van der Waals surface area contributed by atoms with Crippen LogP contribution in [0.25, 0.3) is 5.57 Å². The van der Waals surface area contributed by atoms with Crippen molar-refractivity contribution < 1.29 is 4.42 Å². The van der Waals surface area contributed by atoms with Crippen LogP contribution < -0.4 is 0 Å². The third-order valence-corrected chi connectivity index (χ3v) is 4.06. The SMILES string of the molecule is Cc1occc1C(S)CC1=CCc2ccccc21. The maximum atomic E-state index is 5.35. The van der Waals surface area contributed by atoms with Crippen LogP contribution in [0.4, 0.5) is 0 Å². The number of benzene rings is 1. The number of allylic oxidation sites excluding steroid dienone is 2. The molecule has 1 heterocycles. The zero-order chi connectivity index (χ0) is 12.5. The highest BCUT2D eigenvalue weighted by Crippen LogP contribution is 2.37. The molecule has 2 heteroatoms. The first kappa shape index (κ1) is 11.7. The first-order valence-electron chi connectivity index (χ1n) is 6.25. The van der Waals surface area contributed by atoms with Crippen LogP contribution in [0.3, 0.4) is 0 Å². The van der Waals surface area contributed by atoms with E-state index in [1.165, 1.54) is 22.3 Å². The van der Waals surface area contributed by atoms with Gasteiger partial charge in [0.05, 0.1) is 6.26 Å². The molecule has 0 spiro atoms. The van der Waals surface area contributed by atoms with Gasteiger partial charge in [-0.3, -0.25) is 0 Å². The molecule has 1 aliphatic rings. The number of hydrogen-bond donors (Lipinski definition) is 1. The molecule has 92 valence electrons. The Hall–Kier alpha value is -1.41. The minimum Gasteiger partial charge on any atom is -0.469 e. The van der Waals surface area contributed by atoms with E-state index >= 15 is 0 Å². The highest BCUT2D eigenvalue weighted by atomic mass is 32.1. The van der Waals surface area contributed by atoms with Crippen LogP contribution in [-0.4, -0.2) is 0 Å². The van der Waals surface area contributed by atoms with Crippen LogP contribution in [0.2, 0.25) is 0 Å². The van der Waals surface area contributed by atoms with E-state index in [1.54, 1.807) is 6.26 Å². The number of aryl methyl sites for hydroxylation is 1. The molecular formula is C16H16OS. The zero-order valence-electron chi connectivity index (χ0n) is 10.4. The average molecular weight is 256 g/mol. The Balaban J connectivity index is 1.81. The normalized spacial score (nSPS) is 15.3. The molecule has 0 N–H and O–H groups in total. The van der Waals surface area contributed by atoms with Gasteiger partial charge >= 0.3 is 0 Å². The molecule has 0 radical (unpaired) electrons. The maximum absolute atomic E-state index is 5.35. The summed E-state index contributed by atoms with van der Waals surface area (Å²) < 4.78 is 5.35. The largest absolute Gasteiger partial charge is 0.469 e. The predicted octanol–water partition coefficient (Wildman–Crippen LogP) is 4.59. The number of thiol groups is 1. The first-order chi connectivity index (χ1) is 8.75. The van der Waals surface area contributed by atoms with E-state index < -0.39 is 0 Å². The third kappa shape index (κ3) is 2.01. The lowest BCUT2D eigenvalue weighted by atomic mass is 9.99. The molecule has 0 saturated carbocycles. The quantitative estimate of drug-likeness (QED) is 0.793. The van der Waals surface area contributed by atoms with Crippen LogP contribution >= 0.6 is 12.6 Å². The standard InChI is InChI=1S/C16H16OS/c1-11-14(8-9-17-11)16(18)10-13-7-6-12-4-2-3-5-15(12)13/h2-5,7-9,16,18H,6,10H2,1H3. The van der Waals surface area contributed by atoms with Crippen LogP contribution in [0.15, 0.2) is 47.1 Å². The molecule has 1 aliphatic carbocycles. The van der Waals surface area contributed by atoms with Gasteiger partial charge in [0.15, 0.2) is 0 Å². The van der Waals surface area contributed by atoms with E-state index in [4.69, 9.17) is 17.0 Å². The van der Waals surface area contributed by atoms with Gasteiger partial charge in [0.25, 0.3) is 0 Å². The molecule has 1 atom stereocenters. The maximum Gasteiger partial charge on any atom is 0.104 e. The molecule has 1 unspecified atom stereocenters. The minimum atomic E-state index is 0.209. The molecular weight excluding hydrogens is 240 g/mol. The summed E-state index contributed by atoms with van der Waals surface area (Å²) >= 11 is 4.72. The van der Waals surface area contributed by atoms with E-state index in [0.29, 0.717) is 0 Å². The Labute approximate surface area is 113 Å². The Morgan fingerprint density at radius 1 is 1.28 bits per heavy atom. The lowest BCUT2D eigenvalue weighted by Crippen LogP contribution is -1.93. The number of hydrogen-bond acceptors (Lipinski definition) is 2. The van der Waals surface area contributed by atoms with Crippen LogP contribution in [-0.2, 0) is 6.42 Å². The number of furan rings is 1. The Morgan fingerprint density at radius 3 is 2.89 bits per heavy atom. The van der Waals surface area contributed by atoms with E-state index in [1.807, 2.05) is 13.0 Å². The second-order valence-corrected chi connectivity index (χ2v) is 5.37. The van der Waals surface area contributed by atoms with Gasteiger partial charge in [-0.05, 0) is 42.5 Å². The van der Waals surface area contributed by atoms with Crippen molar-refractivity contribution >= 4 is 18.2 Å². The molecule has 0 saturated heterocycles. The number of rotatable bonds is 3. The van der Waals surface area contributed by atoms with Gasteiger partial charge in [0.1, 0.15) is 5.76 Å². The molecule has 0 aliphatic heterocycles. The predicted molar refractivity (Wildman–Crippen MR) is 77.9 cm³/mol. The molecule has 0 bridgehead atoms. The van der Waals surface area contributed by atoms with Crippen molar-refractivity contribution in [2.75, 3.05) is 0 Å². The van der Waals surface area contributed by atoms with Gasteiger partial charge in [-0.25, -0.2) is 0 Å². The van der Waals surface area contributed by atoms with E-state index in [-0.39, 0.29) is 5.25 Å². The summed E-state index contributed by atoms with van der Waals surface area (Å²) in [5.74, 6) is 0.974. The third-order valence-electron chi connectivity index (χ3n) is 3.60. The monoisotopic (exact) mass is 256 g/mol. The Morgan fingerprint density at radius 2 is 2.11 bits per heavy atom. The van der Waals surface area contributed by atoms with Gasteiger partial charge in [0, 0.05) is 10.8 Å². The van der Waals surface area contributed by atoms with Crippen molar-refractivity contribution in [3.63, 3.8) is 0 Å². The Kier molecular flexibility index (Phi) is 3.04. The lowest BCUT2D eigenvalue weighted by molar-refractivity contribution is 0.529. The molecule has 18 heavy (non-hydrogen) atoms. The molecule has 2 aromatic rings. The van der Waals surface area contributed by atoms with E-state index in [9.17, 15) is 0 Å². The van der Waals surface area contributed by atoms with Crippen molar-refractivity contribution in [3.05, 3.63) is 65.1 Å². The first-order valence-corrected chi connectivity index (χ1v) is 6.76. The van der Waals surface area contributed by atoms with Crippen molar-refractivity contribution in [3.8, 4) is 0 Å².